The minimum Gasteiger partial charge on any atom is -0.362 e. The van der Waals surface area contributed by atoms with Gasteiger partial charge < -0.3 is 15.2 Å². The van der Waals surface area contributed by atoms with Crippen LogP contribution in [-0.4, -0.2) is 27.6 Å². The zero-order valence-electron chi connectivity index (χ0n) is 12.6. The van der Waals surface area contributed by atoms with Crippen LogP contribution in [-0.2, 0) is 12.0 Å². The summed E-state index contributed by atoms with van der Waals surface area (Å²) in [6, 6.07) is 0. The van der Waals surface area contributed by atoms with Crippen LogP contribution in [0.15, 0.2) is 9.90 Å². The largest absolute Gasteiger partial charge is 0.362 e. The lowest BCUT2D eigenvalue weighted by molar-refractivity contribution is 0.0903. The fraction of sp³-hybridized carbons (Fsp3) is 0.538. The van der Waals surface area contributed by atoms with E-state index in [-0.39, 0.29) is 5.91 Å². The maximum Gasteiger partial charge on any atom is 0.271 e. The van der Waals surface area contributed by atoms with Crippen LogP contribution in [0.4, 0.5) is 5.13 Å². The number of aromatic nitrogens is 3. The van der Waals surface area contributed by atoms with Crippen molar-refractivity contribution in [3.05, 3.63) is 22.8 Å². The van der Waals surface area contributed by atoms with Crippen LogP contribution in [0.2, 0.25) is 0 Å². The molecule has 0 spiro atoms. The van der Waals surface area contributed by atoms with Crippen molar-refractivity contribution in [2.24, 2.45) is 0 Å². The molecule has 2 N–H and O–H groups in total. The summed E-state index contributed by atoms with van der Waals surface area (Å²) in [5, 5.41) is 12.3. The molecule has 8 heteroatoms. The molecule has 0 aliphatic rings. The third kappa shape index (κ3) is 3.57. The highest BCUT2D eigenvalue weighted by atomic mass is 32.1. The monoisotopic (exact) mass is 309 g/mol. The SMILES string of the molecule is CCNc1nc(C(=O)NC(C)(C)c2noc(CC)n2)cs1. The average Bonchev–Trinajstić information content (AvgIpc) is 3.07. The van der Waals surface area contributed by atoms with Crippen LogP contribution in [0.5, 0.6) is 0 Å². The van der Waals surface area contributed by atoms with Crippen molar-refractivity contribution < 1.29 is 9.32 Å². The lowest BCUT2D eigenvalue weighted by Gasteiger charge is -2.21. The number of aryl methyl sites for hydroxylation is 1. The summed E-state index contributed by atoms with van der Waals surface area (Å²) < 4.78 is 5.09. The summed E-state index contributed by atoms with van der Waals surface area (Å²) in [7, 11) is 0. The molecule has 0 aromatic carbocycles. The van der Waals surface area contributed by atoms with Gasteiger partial charge in [-0.05, 0) is 20.8 Å². The number of hydrogen-bond donors (Lipinski definition) is 2. The number of carbonyl (C=O) groups is 1. The smallest absolute Gasteiger partial charge is 0.271 e. The maximum atomic E-state index is 12.2. The number of nitrogens with one attached hydrogen (secondary N) is 2. The highest BCUT2D eigenvalue weighted by Crippen LogP contribution is 2.19. The van der Waals surface area contributed by atoms with Crippen molar-refractivity contribution in [3.8, 4) is 0 Å². The van der Waals surface area contributed by atoms with E-state index in [1.807, 2.05) is 27.7 Å². The summed E-state index contributed by atoms with van der Waals surface area (Å²) >= 11 is 1.40. The summed E-state index contributed by atoms with van der Waals surface area (Å²) in [4.78, 5) is 20.7. The molecular weight excluding hydrogens is 290 g/mol. The highest BCUT2D eigenvalue weighted by Gasteiger charge is 2.29. The number of amides is 1. The van der Waals surface area contributed by atoms with E-state index in [9.17, 15) is 4.79 Å². The second-order valence-corrected chi connectivity index (χ2v) is 5.87. The van der Waals surface area contributed by atoms with Crippen molar-refractivity contribution in [3.63, 3.8) is 0 Å². The number of anilines is 1. The summed E-state index contributed by atoms with van der Waals surface area (Å²) in [6.45, 7) is 8.33. The second-order valence-electron chi connectivity index (χ2n) is 5.01. The molecule has 0 fully saturated rings. The van der Waals surface area contributed by atoms with Crippen molar-refractivity contribution >= 4 is 22.4 Å². The first kappa shape index (κ1) is 15.4. The molecule has 2 aromatic heterocycles. The molecule has 7 nitrogen and oxygen atoms in total. The second kappa shape index (κ2) is 6.21. The van der Waals surface area contributed by atoms with E-state index in [1.54, 1.807) is 5.38 Å². The van der Waals surface area contributed by atoms with Gasteiger partial charge in [-0.25, -0.2) is 4.98 Å². The van der Waals surface area contributed by atoms with Crippen molar-refractivity contribution in [2.45, 2.75) is 39.7 Å². The van der Waals surface area contributed by atoms with Gasteiger partial charge in [0.1, 0.15) is 5.69 Å². The summed E-state index contributed by atoms with van der Waals surface area (Å²) in [5.74, 6) is 0.744. The molecule has 0 aliphatic carbocycles. The van der Waals surface area contributed by atoms with E-state index in [1.165, 1.54) is 11.3 Å². The molecule has 0 saturated heterocycles. The minimum atomic E-state index is -0.726. The average molecular weight is 309 g/mol. The molecule has 0 radical (unpaired) electrons. The summed E-state index contributed by atoms with van der Waals surface area (Å²) in [5.41, 5.74) is -0.348. The zero-order valence-corrected chi connectivity index (χ0v) is 13.4. The highest BCUT2D eigenvalue weighted by molar-refractivity contribution is 7.13. The molecule has 1 amide bonds. The third-order valence-corrected chi connectivity index (χ3v) is 3.62. The first-order chi connectivity index (χ1) is 9.96. The number of thiazole rings is 1. The number of carbonyl (C=O) groups excluding carboxylic acids is 1. The van der Waals surface area contributed by atoms with Gasteiger partial charge in [0.15, 0.2) is 11.0 Å². The Balaban J connectivity index is 2.09. The van der Waals surface area contributed by atoms with Crippen LogP contribution in [0.3, 0.4) is 0 Å². The molecule has 2 heterocycles. The molecule has 0 unspecified atom stereocenters. The van der Waals surface area contributed by atoms with Crippen molar-refractivity contribution in [1.82, 2.24) is 20.4 Å². The van der Waals surface area contributed by atoms with E-state index in [0.717, 1.165) is 11.7 Å². The maximum absolute atomic E-state index is 12.2. The molecule has 0 aliphatic heterocycles. The van der Waals surface area contributed by atoms with Crippen LogP contribution in [0, 0.1) is 0 Å². The number of nitrogens with zero attached hydrogens (tertiary/aromatic N) is 3. The third-order valence-electron chi connectivity index (χ3n) is 2.82. The minimum absolute atomic E-state index is 0.261. The first-order valence-corrected chi connectivity index (χ1v) is 7.69. The fourth-order valence-electron chi connectivity index (χ4n) is 1.67. The van der Waals surface area contributed by atoms with Gasteiger partial charge in [0.2, 0.25) is 5.89 Å². The topological polar surface area (TPSA) is 92.9 Å². The first-order valence-electron chi connectivity index (χ1n) is 6.81. The molecule has 0 atom stereocenters. The molecule has 0 saturated carbocycles. The number of rotatable bonds is 6. The van der Waals surface area contributed by atoms with Gasteiger partial charge in [-0.1, -0.05) is 12.1 Å². The van der Waals surface area contributed by atoms with Crippen LogP contribution < -0.4 is 10.6 Å². The van der Waals surface area contributed by atoms with Crippen molar-refractivity contribution in [2.75, 3.05) is 11.9 Å². The molecule has 2 aromatic rings. The zero-order chi connectivity index (χ0) is 15.5. The predicted molar refractivity (Wildman–Crippen MR) is 80.4 cm³/mol. The predicted octanol–water partition coefficient (Wildman–Crippen LogP) is 2.19. The van der Waals surface area contributed by atoms with E-state index in [0.29, 0.717) is 23.8 Å². The molecular formula is C13H19N5O2S. The Hall–Kier alpha value is -1.96. The lowest BCUT2D eigenvalue weighted by Crippen LogP contribution is -2.42. The Labute approximate surface area is 127 Å². The van der Waals surface area contributed by atoms with Crippen LogP contribution in [0.1, 0.15) is 49.9 Å². The molecule has 21 heavy (non-hydrogen) atoms. The lowest BCUT2D eigenvalue weighted by atomic mass is 10.0. The van der Waals surface area contributed by atoms with Gasteiger partial charge in [-0.2, -0.15) is 4.98 Å². The number of hydrogen-bond acceptors (Lipinski definition) is 7. The van der Waals surface area contributed by atoms with E-state index >= 15 is 0 Å². The van der Waals surface area contributed by atoms with Crippen molar-refractivity contribution in [1.29, 1.82) is 0 Å². The van der Waals surface area contributed by atoms with Gasteiger partial charge in [-0.15, -0.1) is 11.3 Å². The Morgan fingerprint density at radius 1 is 1.38 bits per heavy atom. The summed E-state index contributed by atoms with van der Waals surface area (Å²) in [6.07, 6.45) is 0.662. The fourth-order valence-corrected chi connectivity index (χ4v) is 2.43. The van der Waals surface area contributed by atoms with Crippen LogP contribution in [0.25, 0.3) is 0 Å². The Kier molecular flexibility index (Phi) is 4.56. The van der Waals surface area contributed by atoms with Gasteiger partial charge in [-0.3, -0.25) is 4.79 Å². The van der Waals surface area contributed by atoms with Gasteiger partial charge in [0.05, 0.1) is 5.54 Å². The van der Waals surface area contributed by atoms with Gasteiger partial charge in [0.25, 0.3) is 5.91 Å². The van der Waals surface area contributed by atoms with Gasteiger partial charge >= 0.3 is 0 Å². The normalized spacial score (nSPS) is 11.4. The van der Waals surface area contributed by atoms with E-state index in [4.69, 9.17) is 4.52 Å². The molecule has 114 valence electrons. The Morgan fingerprint density at radius 3 is 2.76 bits per heavy atom. The quantitative estimate of drug-likeness (QED) is 0.849. The molecule has 0 bridgehead atoms. The van der Waals surface area contributed by atoms with E-state index in [2.05, 4.69) is 25.8 Å². The van der Waals surface area contributed by atoms with E-state index < -0.39 is 5.54 Å². The Morgan fingerprint density at radius 2 is 2.14 bits per heavy atom. The van der Waals surface area contributed by atoms with Crippen LogP contribution >= 0.6 is 11.3 Å². The standard InChI is InChI=1S/C13H19N5O2S/c1-5-9-16-11(18-20-9)13(3,4)17-10(19)8-7-21-12(15-8)14-6-2/h7H,5-6H2,1-4H3,(H,14,15)(H,17,19). The Bertz CT molecular complexity index is 620. The molecule has 2 rings (SSSR count). The van der Waals surface area contributed by atoms with Gasteiger partial charge in [0, 0.05) is 18.3 Å².